The van der Waals surface area contributed by atoms with Crippen LogP contribution in [-0.2, 0) is 0 Å². The number of ketones is 1. The summed E-state index contributed by atoms with van der Waals surface area (Å²) in [5.74, 6) is -4.90. The molecular formula is C31H10F4N2O. The van der Waals surface area contributed by atoms with Gasteiger partial charge in [0.15, 0.2) is 17.4 Å². The fraction of sp³-hybridized carbons (Fsp3) is 0. The maximum absolute atomic E-state index is 16.0. The van der Waals surface area contributed by atoms with Crippen molar-refractivity contribution in [3.05, 3.63) is 112 Å². The Kier molecular flexibility index (Phi) is 4.26. The first-order valence-corrected chi connectivity index (χ1v) is 11.5. The van der Waals surface area contributed by atoms with Crippen molar-refractivity contribution in [2.24, 2.45) is 0 Å². The number of nitrogens with zero attached hydrogens (tertiary/aromatic N) is 2. The van der Waals surface area contributed by atoms with Crippen molar-refractivity contribution >= 4 is 32.9 Å². The van der Waals surface area contributed by atoms with E-state index >= 15 is 17.6 Å². The van der Waals surface area contributed by atoms with E-state index in [0.717, 1.165) is 12.1 Å². The van der Waals surface area contributed by atoms with Gasteiger partial charge in [0.05, 0.1) is 0 Å². The highest BCUT2D eigenvalue weighted by Gasteiger charge is 2.43. The van der Waals surface area contributed by atoms with E-state index in [4.69, 9.17) is 0 Å². The maximum Gasteiger partial charge on any atom is 0.195 e. The summed E-state index contributed by atoms with van der Waals surface area (Å²) in [6.07, 6.45) is 0. The van der Waals surface area contributed by atoms with Crippen molar-refractivity contribution in [2.45, 2.75) is 0 Å². The Hall–Kier alpha value is -5.27. The van der Waals surface area contributed by atoms with Crippen LogP contribution in [0.15, 0.2) is 66.2 Å². The lowest BCUT2D eigenvalue weighted by Crippen LogP contribution is -2.04. The number of fused-ring (bicyclic) bond motifs is 11. The van der Waals surface area contributed by atoms with Crippen molar-refractivity contribution in [1.82, 2.24) is 0 Å². The van der Waals surface area contributed by atoms with Crippen LogP contribution in [0, 0.1) is 45.9 Å². The number of hydrogen-bond acceptors (Lipinski definition) is 3. The summed E-state index contributed by atoms with van der Waals surface area (Å²) in [4.78, 5) is 14.0. The number of hydrogen-bond donors (Lipinski definition) is 0. The van der Waals surface area contributed by atoms with E-state index in [-0.39, 0.29) is 60.5 Å². The number of halogens is 4. The van der Waals surface area contributed by atoms with Gasteiger partial charge in [0.2, 0.25) is 0 Å². The molecule has 2 aliphatic rings. The smallest absolute Gasteiger partial charge is 0.195 e. The zero-order chi connectivity index (χ0) is 26.5. The molecule has 0 bridgehead atoms. The van der Waals surface area contributed by atoms with Crippen molar-refractivity contribution in [2.75, 3.05) is 0 Å². The minimum atomic E-state index is -1.41. The van der Waals surface area contributed by atoms with E-state index in [2.05, 4.69) is 0 Å². The number of nitriles is 2. The molecule has 178 valence electrons. The number of allylic oxidation sites excluding steroid dienone is 1. The zero-order valence-corrected chi connectivity index (χ0v) is 19.1. The molecule has 0 N–H and O–H groups in total. The van der Waals surface area contributed by atoms with Gasteiger partial charge in [-0.1, -0.05) is 48.5 Å². The Morgan fingerprint density at radius 2 is 1.05 bits per heavy atom. The molecule has 5 aromatic rings. The molecule has 0 saturated heterocycles. The molecular weight excluding hydrogens is 492 g/mol. The van der Waals surface area contributed by atoms with Crippen LogP contribution in [0.5, 0.6) is 0 Å². The molecule has 0 radical (unpaired) electrons. The Morgan fingerprint density at radius 3 is 1.61 bits per heavy atom. The molecule has 0 fully saturated rings. The minimum absolute atomic E-state index is 0.00438. The van der Waals surface area contributed by atoms with E-state index in [1.807, 2.05) is 0 Å². The van der Waals surface area contributed by atoms with E-state index in [0.29, 0.717) is 0 Å². The number of benzene rings is 5. The average molecular weight is 502 g/mol. The number of carbonyl (C=O) groups is 1. The summed E-state index contributed by atoms with van der Waals surface area (Å²) in [5.41, 5.74) is -1.90. The molecule has 0 saturated carbocycles. The topological polar surface area (TPSA) is 64.7 Å². The van der Waals surface area contributed by atoms with Crippen LogP contribution in [0.4, 0.5) is 17.6 Å². The number of rotatable bonds is 0. The molecule has 0 unspecified atom stereocenters. The lowest BCUT2D eigenvalue weighted by molar-refractivity contribution is 0.104. The average Bonchev–Trinajstić information content (AvgIpc) is 3.41. The second-order valence-electron chi connectivity index (χ2n) is 9.08. The molecule has 0 amide bonds. The Bertz CT molecular complexity index is 2100. The first-order valence-electron chi connectivity index (χ1n) is 11.5. The van der Waals surface area contributed by atoms with Gasteiger partial charge in [0.1, 0.15) is 29.3 Å². The minimum Gasteiger partial charge on any atom is -0.289 e. The molecule has 5 aromatic carbocycles. The first-order chi connectivity index (χ1) is 18.4. The van der Waals surface area contributed by atoms with Gasteiger partial charge in [0, 0.05) is 55.3 Å². The molecule has 0 heterocycles. The third-order valence-corrected chi connectivity index (χ3v) is 7.34. The van der Waals surface area contributed by atoms with Gasteiger partial charge >= 0.3 is 0 Å². The van der Waals surface area contributed by atoms with Gasteiger partial charge in [-0.05, 0) is 28.5 Å². The monoisotopic (exact) mass is 502 g/mol. The molecule has 38 heavy (non-hydrogen) atoms. The number of carbonyl (C=O) groups excluding carboxylic acids is 1. The quantitative estimate of drug-likeness (QED) is 0.159. The zero-order valence-electron chi connectivity index (χ0n) is 19.1. The molecule has 0 atom stereocenters. The van der Waals surface area contributed by atoms with Gasteiger partial charge in [0.25, 0.3) is 0 Å². The SMILES string of the molecule is N#CC(C#N)=C1c2c(F)c(F)c3c(c2-c2cc(F)c4ccccc4c21)C(=O)c1c-3cc(F)c2ccccc12. The largest absolute Gasteiger partial charge is 0.289 e. The van der Waals surface area contributed by atoms with Gasteiger partial charge in [-0.2, -0.15) is 10.5 Å². The molecule has 7 rings (SSSR count). The molecule has 0 aliphatic heterocycles. The van der Waals surface area contributed by atoms with Crippen LogP contribution in [0.25, 0.3) is 49.4 Å². The van der Waals surface area contributed by atoms with E-state index in [1.54, 1.807) is 42.5 Å². The van der Waals surface area contributed by atoms with E-state index < -0.39 is 45.8 Å². The van der Waals surface area contributed by atoms with Crippen molar-refractivity contribution in [1.29, 1.82) is 10.5 Å². The van der Waals surface area contributed by atoms with Gasteiger partial charge in [-0.15, -0.1) is 0 Å². The van der Waals surface area contributed by atoms with E-state index in [9.17, 15) is 15.3 Å². The molecule has 7 heteroatoms. The van der Waals surface area contributed by atoms with Crippen molar-refractivity contribution < 1.29 is 22.4 Å². The van der Waals surface area contributed by atoms with Crippen LogP contribution >= 0.6 is 0 Å². The van der Waals surface area contributed by atoms with E-state index in [1.165, 1.54) is 18.2 Å². The van der Waals surface area contributed by atoms with Crippen LogP contribution in [0.3, 0.4) is 0 Å². The first kappa shape index (κ1) is 22.0. The Labute approximate surface area is 212 Å². The Morgan fingerprint density at radius 1 is 0.579 bits per heavy atom. The van der Waals surface area contributed by atoms with Gasteiger partial charge in [-0.25, -0.2) is 17.6 Å². The Balaban J connectivity index is 1.73. The lowest BCUT2D eigenvalue weighted by atomic mass is 9.92. The van der Waals surface area contributed by atoms with Crippen molar-refractivity contribution in [3.63, 3.8) is 0 Å². The van der Waals surface area contributed by atoms with Gasteiger partial charge < -0.3 is 0 Å². The predicted octanol–water partition coefficient (Wildman–Crippen LogP) is 7.59. The highest BCUT2D eigenvalue weighted by atomic mass is 19.2. The highest BCUT2D eigenvalue weighted by molar-refractivity contribution is 6.32. The third-order valence-electron chi connectivity index (χ3n) is 7.34. The summed E-state index contributed by atoms with van der Waals surface area (Å²) in [6.45, 7) is 0. The second kappa shape index (κ2) is 7.38. The van der Waals surface area contributed by atoms with Crippen LogP contribution in [-0.4, -0.2) is 5.78 Å². The molecule has 0 aromatic heterocycles. The van der Waals surface area contributed by atoms with Crippen LogP contribution in [0.2, 0.25) is 0 Å². The normalized spacial score (nSPS) is 12.7. The molecule has 2 aliphatic carbocycles. The lowest BCUT2D eigenvalue weighted by Gasteiger charge is -2.11. The van der Waals surface area contributed by atoms with Crippen LogP contribution < -0.4 is 0 Å². The fourth-order valence-electron chi connectivity index (χ4n) is 5.88. The second-order valence-corrected chi connectivity index (χ2v) is 9.08. The predicted molar refractivity (Wildman–Crippen MR) is 133 cm³/mol. The summed E-state index contributed by atoms with van der Waals surface area (Å²) < 4.78 is 62.3. The fourth-order valence-corrected chi connectivity index (χ4v) is 5.88. The maximum atomic E-state index is 16.0. The summed E-state index contributed by atoms with van der Waals surface area (Å²) in [5, 5.41) is 20.2. The highest BCUT2D eigenvalue weighted by Crippen LogP contribution is 2.56. The standard InChI is InChI=1S/C31H10F4N2O/c32-20-9-18-23(16-7-3-1-5-14(16)20)22(13(11-36)12-37)27-25(18)28-26(29(34)30(27)35)19-10-21(33)15-6-2-4-8-17(15)24(19)31(28)38/h1-10H. The van der Waals surface area contributed by atoms with Crippen LogP contribution in [0.1, 0.15) is 27.0 Å². The molecule has 3 nitrogen and oxygen atoms in total. The summed E-state index contributed by atoms with van der Waals surface area (Å²) in [7, 11) is 0. The summed E-state index contributed by atoms with van der Waals surface area (Å²) >= 11 is 0. The molecule has 0 spiro atoms. The summed E-state index contributed by atoms with van der Waals surface area (Å²) in [6, 6.07) is 18.0. The van der Waals surface area contributed by atoms with Crippen molar-refractivity contribution in [3.8, 4) is 34.4 Å². The third kappa shape index (κ3) is 2.48. The van der Waals surface area contributed by atoms with Gasteiger partial charge in [-0.3, -0.25) is 4.79 Å².